The predicted octanol–water partition coefficient (Wildman–Crippen LogP) is 2.51. The SMILES string of the molecule is Cc1cccnc1NC(=O)c1cc(C)c(C)c(S(=O)(=O)N(C)C)c1. The number of sulfonamides is 1. The van der Waals surface area contributed by atoms with Crippen molar-refractivity contribution in [1.29, 1.82) is 0 Å². The van der Waals surface area contributed by atoms with E-state index in [2.05, 4.69) is 10.3 Å². The Balaban J connectivity index is 2.47. The second kappa shape index (κ2) is 6.70. The van der Waals surface area contributed by atoms with E-state index in [0.717, 1.165) is 15.4 Å². The van der Waals surface area contributed by atoms with Crippen LogP contribution < -0.4 is 5.32 Å². The van der Waals surface area contributed by atoms with E-state index in [-0.39, 0.29) is 10.5 Å². The zero-order valence-corrected chi connectivity index (χ0v) is 15.2. The zero-order valence-electron chi connectivity index (χ0n) is 14.4. The minimum atomic E-state index is -3.63. The van der Waals surface area contributed by atoms with Crippen molar-refractivity contribution in [3.05, 3.63) is 52.7 Å². The molecule has 0 saturated heterocycles. The Kier molecular flexibility index (Phi) is 5.05. The Labute approximate surface area is 142 Å². The quantitative estimate of drug-likeness (QED) is 0.922. The highest BCUT2D eigenvalue weighted by Crippen LogP contribution is 2.24. The molecule has 2 aromatic rings. The molecule has 0 saturated carbocycles. The van der Waals surface area contributed by atoms with Crippen LogP contribution in [0.1, 0.15) is 27.0 Å². The number of aromatic nitrogens is 1. The molecule has 0 unspecified atom stereocenters. The van der Waals surface area contributed by atoms with Gasteiger partial charge in [-0.25, -0.2) is 17.7 Å². The van der Waals surface area contributed by atoms with Gasteiger partial charge in [-0.1, -0.05) is 6.07 Å². The van der Waals surface area contributed by atoms with Crippen LogP contribution in [0, 0.1) is 20.8 Å². The average Bonchev–Trinajstić information content (AvgIpc) is 2.51. The first kappa shape index (κ1) is 18.1. The lowest BCUT2D eigenvalue weighted by atomic mass is 10.1. The Morgan fingerprint density at radius 1 is 1.12 bits per heavy atom. The maximum absolute atomic E-state index is 12.5. The average molecular weight is 347 g/mol. The number of pyridine rings is 1. The van der Waals surface area contributed by atoms with Gasteiger partial charge in [0.2, 0.25) is 10.0 Å². The van der Waals surface area contributed by atoms with Gasteiger partial charge in [0.15, 0.2) is 0 Å². The summed E-state index contributed by atoms with van der Waals surface area (Å²) in [5.41, 5.74) is 2.48. The van der Waals surface area contributed by atoms with Crippen LogP contribution in [-0.2, 0) is 10.0 Å². The first-order chi connectivity index (χ1) is 11.1. The Hall–Kier alpha value is -2.25. The monoisotopic (exact) mass is 347 g/mol. The third kappa shape index (κ3) is 3.47. The summed E-state index contributed by atoms with van der Waals surface area (Å²) < 4.78 is 26.1. The van der Waals surface area contributed by atoms with Gasteiger partial charge in [-0.2, -0.15) is 0 Å². The van der Waals surface area contributed by atoms with Crippen molar-refractivity contribution in [2.75, 3.05) is 19.4 Å². The van der Waals surface area contributed by atoms with Gasteiger partial charge in [0, 0.05) is 25.9 Å². The summed E-state index contributed by atoms with van der Waals surface area (Å²) >= 11 is 0. The molecule has 0 aliphatic heterocycles. The molecule has 1 aromatic heterocycles. The van der Waals surface area contributed by atoms with Gasteiger partial charge >= 0.3 is 0 Å². The highest BCUT2D eigenvalue weighted by atomic mass is 32.2. The number of anilines is 1. The smallest absolute Gasteiger partial charge is 0.256 e. The molecule has 0 radical (unpaired) electrons. The fourth-order valence-corrected chi connectivity index (χ4v) is 3.44. The number of nitrogens with one attached hydrogen (secondary N) is 1. The van der Waals surface area contributed by atoms with Gasteiger partial charge < -0.3 is 5.32 Å². The fourth-order valence-electron chi connectivity index (χ4n) is 2.22. The van der Waals surface area contributed by atoms with E-state index < -0.39 is 15.9 Å². The first-order valence-electron chi connectivity index (χ1n) is 7.41. The first-order valence-corrected chi connectivity index (χ1v) is 8.85. The number of hydrogen-bond donors (Lipinski definition) is 1. The molecule has 0 bridgehead atoms. The molecule has 1 heterocycles. The zero-order chi connectivity index (χ0) is 18.1. The minimum Gasteiger partial charge on any atom is -0.306 e. The van der Waals surface area contributed by atoms with Crippen LogP contribution in [0.5, 0.6) is 0 Å². The predicted molar refractivity (Wildman–Crippen MR) is 93.7 cm³/mol. The second-order valence-corrected chi connectivity index (χ2v) is 7.95. The Bertz CT molecular complexity index is 890. The largest absolute Gasteiger partial charge is 0.306 e. The molecule has 0 aliphatic rings. The topological polar surface area (TPSA) is 79.4 Å². The molecule has 0 fully saturated rings. The summed E-state index contributed by atoms with van der Waals surface area (Å²) in [6.45, 7) is 5.36. The summed E-state index contributed by atoms with van der Waals surface area (Å²) in [4.78, 5) is 16.8. The van der Waals surface area contributed by atoms with Gasteiger partial charge in [0.25, 0.3) is 5.91 Å². The highest BCUT2D eigenvalue weighted by molar-refractivity contribution is 7.89. The van der Waals surface area contributed by atoms with Crippen molar-refractivity contribution in [2.24, 2.45) is 0 Å². The Morgan fingerprint density at radius 3 is 2.38 bits per heavy atom. The van der Waals surface area contributed by atoms with E-state index in [1.165, 1.54) is 20.2 Å². The van der Waals surface area contributed by atoms with E-state index in [0.29, 0.717) is 11.4 Å². The van der Waals surface area contributed by atoms with Crippen molar-refractivity contribution in [3.63, 3.8) is 0 Å². The molecule has 7 heteroatoms. The van der Waals surface area contributed by atoms with Crippen LogP contribution in [0.2, 0.25) is 0 Å². The van der Waals surface area contributed by atoms with Crippen molar-refractivity contribution >= 4 is 21.7 Å². The van der Waals surface area contributed by atoms with E-state index in [9.17, 15) is 13.2 Å². The van der Waals surface area contributed by atoms with Crippen molar-refractivity contribution in [2.45, 2.75) is 25.7 Å². The molecular weight excluding hydrogens is 326 g/mol. The van der Waals surface area contributed by atoms with Gasteiger partial charge in [-0.3, -0.25) is 4.79 Å². The summed E-state index contributed by atoms with van der Waals surface area (Å²) in [5, 5.41) is 2.72. The van der Waals surface area contributed by atoms with Gasteiger partial charge in [0.1, 0.15) is 5.82 Å². The summed E-state index contributed by atoms with van der Waals surface area (Å²) in [6.07, 6.45) is 1.59. The molecule has 6 nitrogen and oxygen atoms in total. The third-order valence-corrected chi connectivity index (χ3v) is 5.82. The lowest BCUT2D eigenvalue weighted by molar-refractivity contribution is 0.102. The molecule has 1 N–H and O–H groups in total. The van der Waals surface area contributed by atoms with E-state index in [1.807, 2.05) is 13.0 Å². The number of benzene rings is 1. The molecule has 128 valence electrons. The number of aryl methyl sites for hydroxylation is 2. The number of rotatable bonds is 4. The summed E-state index contributed by atoms with van der Waals surface area (Å²) in [7, 11) is -0.697. The van der Waals surface area contributed by atoms with Crippen molar-refractivity contribution < 1.29 is 13.2 Å². The highest BCUT2D eigenvalue weighted by Gasteiger charge is 2.23. The standard InChI is InChI=1S/C17H21N3O3S/c1-11-7-6-8-18-16(11)19-17(21)14-9-12(2)13(3)15(10-14)24(22,23)20(4)5/h6-10H,1-5H3,(H,18,19,21). The van der Waals surface area contributed by atoms with Crippen LogP contribution in [0.15, 0.2) is 35.4 Å². The molecule has 0 spiro atoms. The number of carbonyl (C=O) groups excluding carboxylic acids is 1. The number of carbonyl (C=O) groups is 1. The molecule has 1 aromatic carbocycles. The molecular formula is C17H21N3O3S. The van der Waals surface area contributed by atoms with Gasteiger partial charge in [-0.15, -0.1) is 0 Å². The van der Waals surface area contributed by atoms with Crippen LogP contribution in [0.3, 0.4) is 0 Å². The molecule has 0 aliphatic carbocycles. The van der Waals surface area contributed by atoms with Crippen LogP contribution >= 0.6 is 0 Å². The Morgan fingerprint density at radius 2 is 1.79 bits per heavy atom. The third-order valence-electron chi connectivity index (χ3n) is 3.88. The molecule has 24 heavy (non-hydrogen) atoms. The maximum Gasteiger partial charge on any atom is 0.256 e. The lowest BCUT2D eigenvalue weighted by Gasteiger charge is -2.16. The second-order valence-electron chi connectivity index (χ2n) is 5.83. The molecule has 0 atom stereocenters. The summed E-state index contributed by atoms with van der Waals surface area (Å²) in [5.74, 6) is 0.0628. The van der Waals surface area contributed by atoms with Crippen molar-refractivity contribution in [1.82, 2.24) is 9.29 Å². The van der Waals surface area contributed by atoms with Crippen LogP contribution in [0.4, 0.5) is 5.82 Å². The lowest BCUT2D eigenvalue weighted by Crippen LogP contribution is -2.24. The van der Waals surface area contributed by atoms with E-state index >= 15 is 0 Å². The van der Waals surface area contributed by atoms with Crippen molar-refractivity contribution in [3.8, 4) is 0 Å². The maximum atomic E-state index is 12.5. The minimum absolute atomic E-state index is 0.135. The number of amides is 1. The van der Waals surface area contributed by atoms with Gasteiger partial charge in [-0.05, 0) is 55.7 Å². The van der Waals surface area contributed by atoms with Crippen LogP contribution in [0.25, 0.3) is 0 Å². The molecule has 1 amide bonds. The van der Waals surface area contributed by atoms with E-state index in [1.54, 1.807) is 32.2 Å². The normalized spacial score (nSPS) is 11.6. The number of hydrogen-bond acceptors (Lipinski definition) is 4. The summed E-state index contributed by atoms with van der Waals surface area (Å²) in [6, 6.07) is 6.70. The van der Waals surface area contributed by atoms with Crippen LogP contribution in [-0.4, -0.2) is 37.7 Å². The van der Waals surface area contributed by atoms with E-state index in [4.69, 9.17) is 0 Å². The molecule has 2 rings (SSSR count). The van der Waals surface area contributed by atoms with Gasteiger partial charge in [0.05, 0.1) is 4.90 Å². The number of nitrogens with zero attached hydrogens (tertiary/aromatic N) is 2. The fraction of sp³-hybridized carbons (Fsp3) is 0.294.